The first-order valence-corrected chi connectivity index (χ1v) is 12.3. The van der Waals surface area contributed by atoms with Crippen LogP contribution >= 0.6 is 11.6 Å². The quantitative estimate of drug-likeness (QED) is 0.225. The van der Waals surface area contributed by atoms with Crippen LogP contribution in [0.5, 0.6) is 0 Å². The highest BCUT2D eigenvalue weighted by Gasteiger charge is 2.20. The zero-order chi connectivity index (χ0) is 24.4. The van der Waals surface area contributed by atoms with Crippen molar-refractivity contribution >= 4 is 45.1 Å². The predicted octanol–water partition coefficient (Wildman–Crippen LogP) is 4.86. The molecule has 182 valence electrons. The van der Waals surface area contributed by atoms with Gasteiger partial charge >= 0.3 is 11.6 Å². The fraction of sp³-hybridized carbons (Fsp3) is 0.333. The largest absolute Gasteiger partial charge is 0.465 e. The third kappa shape index (κ3) is 5.06. The lowest BCUT2D eigenvalue weighted by Crippen LogP contribution is -2.46. The minimum absolute atomic E-state index is 0.314. The summed E-state index contributed by atoms with van der Waals surface area (Å²) in [6, 6.07) is 12.6. The number of hydrogen-bond donors (Lipinski definition) is 1. The molecule has 1 aliphatic rings. The van der Waals surface area contributed by atoms with Gasteiger partial charge in [-0.3, -0.25) is 4.90 Å². The summed E-state index contributed by atoms with van der Waals surface area (Å²) in [4.78, 5) is 32.0. The normalized spacial score (nSPS) is 14.6. The van der Waals surface area contributed by atoms with E-state index in [2.05, 4.69) is 14.8 Å². The number of anilines is 1. The molecular formula is C27H28ClN3O4. The molecule has 0 unspecified atom stereocenters. The molecule has 0 bridgehead atoms. The summed E-state index contributed by atoms with van der Waals surface area (Å²) in [5.41, 5.74) is 3.93. The molecule has 4 aromatic rings. The van der Waals surface area contributed by atoms with Crippen LogP contribution in [0.15, 0.2) is 57.9 Å². The number of fused-ring (bicyclic) bond motifs is 2. The average Bonchev–Trinajstić information content (AvgIpc) is 3.28. The standard InChI is InChI=1S/C27H28ClN3O4/c1-34-27(33)18-5-8-23-22(14-18)19(17-29-23)4-2-3-9-30-10-12-31(13-11-30)24-16-26(32)35-25-15-20(28)6-7-21(24)25/h5-8,14-17,29H,2-4,9-13H2,1H3. The lowest BCUT2D eigenvalue weighted by molar-refractivity contribution is 0.0601. The molecule has 1 saturated heterocycles. The van der Waals surface area contributed by atoms with Crippen molar-refractivity contribution in [2.45, 2.75) is 19.3 Å². The van der Waals surface area contributed by atoms with Gasteiger partial charge in [-0.15, -0.1) is 0 Å². The lowest BCUT2D eigenvalue weighted by atomic mass is 10.0. The number of H-pyrrole nitrogens is 1. The average molecular weight is 494 g/mol. The topological polar surface area (TPSA) is 78.8 Å². The monoisotopic (exact) mass is 493 g/mol. The number of ether oxygens (including phenoxy) is 1. The van der Waals surface area contributed by atoms with Crippen molar-refractivity contribution in [1.29, 1.82) is 0 Å². The fourth-order valence-electron chi connectivity index (χ4n) is 4.87. The van der Waals surface area contributed by atoms with E-state index in [4.69, 9.17) is 20.8 Å². The number of esters is 1. The number of carbonyl (C=O) groups excluding carboxylic acids is 1. The van der Waals surface area contributed by atoms with Crippen LogP contribution in [-0.4, -0.2) is 55.7 Å². The van der Waals surface area contributed by atoms with Crippen LogP contribution in [0.4, 0.5) is 5.69 Å². The summed E-state index contributed by atoms with van der Waals surface area (Å²) in [7, 11) is 1.40. The summed E-state index contributed by atoms with van der Waals surface area (Å²) in [5, 5.41) is 2.55. The zero-order valence-corrected chi connectivity index (χ0v) is 20.4. The van der Waals surface area contributed by atoms with E-state index in [0.29, 0.717) is 16.2 Å². The molecule has 0 aliphatic carbocycles. The minimum Gasteiger partial charge on any atom is -0.465 e. The van der Waals surface area contributed by atoms with Crippen LogP contribution in [-0.2, 0) is 11.2 Å². The molecule has 0 amide bonds. The van der Waals surface area contributed by atoms with Crippen molar-refractivity contribution in [2.75, 3.05) is 44.7 Å². The number of hydrogen-bond acceptors (Lipinski definition) is 6. The fourth-order valence-corrected chi connectivity index (χ4v) is 5.04. The van der Waals surface area contributed by atoms with Crippen LogP contribution in [0.2, 0.25) is 5.02 Å². The first-order chi connectivity index (χ1) is 17.0. The molecule has 0 atom stereocenters. The Morgan fingerprint density at radius 3 is 2.69 bits per heavy atom. The van der Waals surface area contributed by atoms with E-state index in [1.807, 2.05) is 30.5 Å². The first kappa shape index (κ1) is 23.5. The molecule has 0 spiro atoms. The van der Waals surface area contributed by atoms with Gasteiger partial charge in [-0.2, -0.15) is 0 Å². The molecule has 0 saturated carbocycles. The molecule has 0 radical (unpaired) electrons. The third-order valence-electron chi connectivity index (χ3n) is 6.76. The number of nitrogens with zero attached hydrogens (tertiary/aromatic N) is 2. The SMILES string of the molecule is COC(=O)c1ccc2[nH]cc(CCCCN3CCN(c4cc(=O)oc5cc(Cl)ccc45)CC3)c2c1. The second-order valence-corrected chi connectivity index (χ2v) is 9.38. The highest BCUT2D eigenvalue weighted by molar-refractivity contribution is 6.31. The number of benzene rings is 2. The second-order valence-electron chi connectivity index (χ2n) is 8.94. The molecule has 2 aromatic carbocycles. The van der Waals surface area contributed by atoms with Gasteiger partial charge < -0.3 is 19.0 Å². The van der Waals surface area contributed by atoms with E-state index in [-0.39, 0.29) is 11.6 Å². The molecule has 5 rings (SSSR count). The van der Waals surface area contributed by atoms with Gasteiger partial charge in [0.1, 0.15) is 5.58 Å². The van der Waals surface area contributed by atoms with Gasteiger partial charge in [0, 0.05) is 65.8 Å². The number of piperazine rings is 1. The number of nitrogens with one attached hydrogen (secondary N) is 1. The molecule has 35 heavy (non-hydrogen) atoms. The minimum atomic E-state index is -0.354. The summed E-state index contributed by atoms with van der Waals surface area (Å²) in [5.74, 6) is -0.314. The molecule has 2 aromatic heterocycles. The number of rotatable bonds is 7. The van der Waals surface area contributed by atoms with Crippen molar-refractivity contribution in [3.05, 3.63) is 75.2 Å². The maximum atomic E-state index is 12.1. The summed E-state index contributed by atoms with van der Waals surface area (Å²) < 4.78 is 10.2. The third-order valence-corrected chi connectivity index (χ3v) is 6.99. The molecule has 1 N–H and O–H groups in total. The van der Waals surface area contributed by atoms with Crippen molar-refractivity contribution in [3.8, 4) is 0 Å². The Morgan fingerprint density at radius 1 is 1.06 bits per heavy atom. The molecule has 1 fully saturated rings. The Hall–Kier alpha value is -3.29. The number of aromatic nitrogens is 1. The Bertz CT molecular complexity index is 1420. The van der Waals surface area contributed by atoms with Crippen LogP contribution < -0.4 is 10.5 Å². The Morgan fingerprint density at radius 2 is 1.89 bits per heavy atom. The molecule has 3 heterocycles. The highest BCUT2D eigenvalue weighted by Crippen LogP contribution is 2.28. The molecule has 8 heteroatoms. The number of aromatic amines is 1. The van der Waals surface area contributed by atoms with E-state index < -0.39 is 0 Å². The van der Waals surface area contributed by atoms with Crippen LogP contribution in [0.1, 0.15) is 28.8 Å². The van der Waals surface area contributed by atoms with Gasteiger partial charge in [-0.25, -0.2) is 9.59 Å². The molecular weight excluding hydrogens is 466 g/mol. The summed E-state index contributed by atoms with van der Waals surface area (Å²) in [6.45, 7) is 4.66. The second kappa shape index (κ2) is 10.1. The maximum absolute atomic E-state index is 12.1. The number of halogens is 1. The van der Waals surface area contributed by atoms with Crippen molar-refractivity contribution in [2.24, 2.45) is 0 Å². The van der Waals surface area contributed by atoms with E-state index in [9.17, 15) is 9.59 Å². The van der Waals surface area contributed by atoms with E-state index in [0.717, 1.165) is 74.0 Å². The first-order valence-electron chi connectivity index (χ1n) is 11.9. The van der Waals surface area contributed by atoms with E-state index in [1.165, 1.54) is 12.7 Å². The van der Waals surface area contributed by atoms with Crippen molar-refractivity contribution in [1.82, 2.24) is 9.88 Å². The number of unbranched alkanes of at least 4 members (excludes halogenated alkanes) is 1. The smallest absolute Gasteiger partial charge is 0.338 e. The highest BCUT2D eigenvalue weighted by atomic mass is 35.5. The number of carbonyl (C=O) groups is 1. The van der Waals surface area contributed by atoms with Crippen LogP contribution in [0, 0.1) is 0 Å². The zero-order valence-electron chi connectivity index (χ0n) is 19.7. The van der Waals surface area contributed by atoms with Crippen molar-refractivity contribution in [3.63, 3.8) is 0 Å². The van der Waals surface area contributed by atoms with Crippen LogP contribution in [0.25, 0.3) is 21.9 Å². The van der Waals surface area contributed by atoms with E-state index >= 15 is 0 Å². The Kier molecular flexibility index (Phi) is 6.79. The van der Waals surface area contributed by atoms with E-state index in [1.54, 1.807) is 18.2 Å². The van der Waals surface area contributed by atoms with Gasteiger partial charge in [0.05, 0.1) is 18.4 Å². The lowest BCUT2D eigenvalue weighted by Gasteiger charge is -2.36. The molecule has 1 aliphatic heterocycles. The van der Waals surface area contributed by atoms with Crippen molar-refractivity contribution < 1.29 is 13.9 Å². The Balaban J connectivity index is 1.15. The maximum Gasteiger partial charge on any atom is 0.338 e. The van der Waals surface area contributed by atoms with Gasteiger partial charge in [0.15, 0.2) is 0 Å². The summed E-state index contributed by atoms with van der Waals surface area (Å²) >= 11 is 6.07. The number of aryl methyl sites for hydroxylation is 1. The Labute approximate surface area is 208 Å². The van der Waals surface area contributed by atoms with Gasteiger partial charge in [-0.05, 0) is 61.7 Å². The van der Waals surface area contributed by atoms with Crippen LogP contribution in [0.3, 0.4) is 0 Å². The number of methoxy groups -OCH3 is 1. The molecule has 7 nitrogen and oxygen atoms in total. The van der Waals surface area contributed by atoms with Gasteiger partial charge in [0.25, 0.3) is 0 Å². The summed E-state index contributed by atoms with van der Waals surface area (Å²) in [6.07, 6.45) is 5.16. The van der Waals surface area contributed by atoms with Gasteiger partial charge in [0.2, 0.25) is 0 Å². The predicted molar refractivity (Wildman–Crippen MR) is 139 cm³/mol. The van der Waals surface area contributed by atoms with Gasteiger partial charge in [-0.1, -0.05) is 11.6 Å².